The molecule has 18 heavy (non-hydrogen) atoms. The van der Waals surface area contributed by atoms with Crippen LogP contribution in [0, 0.1) is 11.7 Å². The minimum atomic E-state index is -0.254. The van der Waals surface area contributed by atoms with Gasteiger partial charge < -0.3 is 4.90 Å². The Kier molecular flexibility index (Phi) is 5.58. The smallest absolute Gasteiger partial charge is 0.212 e. The fourth-order valence-corrected chi connectivity index (χ4v) is 1.55. The first kappa shape index (κ1) is 14.4. The number of hydrogen-bond donors (Lipinski definition) is 2. The van der Waals surface area contributed by atoms with Crippen molar-refractivity contribution in [1.82, 2.24) is 5.43 Å². The van der Waals surface area contributed by atoms with Crippen molar-refractivity contribution in [3.63, 3.8) is 0 Å². The first-order valence-electron chi connectivity index (χ1n) is 6.12. The number of benzene rings is 1. The zero-order valence-corrected chi connectivity index (χ0v) is 11.2. The lowest BCUT2D eigenvalue weighted by Crippen LogP contribution is -2.45. The summed E-state index contributed by atoms with van der Waals surface area (Å²) in [5, 5.41) is 0. The fourth-order valence-electron chi connectivity index (χ4n) is 1.55. The van der Waals surface area contributed by atoms with Gasteiger partial charge in [0.1, 0.15) is 5.82 Å². The number of aliphatic imine (C=N–C) groups is 1. The summed E-state index contributed by atoms with van der Waals surface area (Å²) in [5.41, 5.74) is 3.46. The third-order valence-corrected chi connectivity index (χ3v) is 2.45. The molecule has 0 aliphatic heterocycles. The van der Waals surface area contributed by atoms with Crippen molar-refractivity contribution in [2.75, 3.05) is 18.0 Å². The largest absolute Gasteiger partial charge is 0.312 e. The predicted molar refractivity (Wildman–Crippen MR) is 73.9 cm³/mol. The molecule has 0 unspecified atom stereocenters. The predicted octanol–water partition coefficient (Wildman–Crippen LogP) is 2.13. The number of nitrogens with two attached hydrogens (primary N) is 1. The maximum Gasteiger partial charge on any atom is 0.212 e. The molecule has 0 atom stereocenters. The molecule has 0 aromatic heterocycles. The van der Waals surface area contributed by atoms with Gasteiger partial charge in [0.15, 0.2) is 0 Å². The standard InChI is InChI=1S/C13H21FN4/c1-4-18(12-7-5-11(14)6-8-12)13(17-15)16-9-10(2)3/h5-8,10H,4,9,15H2,1-3H3,(H,16,17). The molecule has 0 saturated carbocycles. The van der Waals surface area contributed by atoms with E-state index >= 15 is 0 Å². The van der Waals surface area contributed by atoms with Crippen molar-refractivity contribution in [1.29, 1.82) is 0 Å². The maximum atomic E-state index is 12.9. The summed E-state index contributed by atoms with van der Waals surface area (Å²) >= 11 is 0. The van der Waals surface area contributed by atoms with Crippen LogP contribution >= 0.6 is 0 Å². The van der Waals surface area contributed by atoms with E-state index in [1.807, 2.05) is 11.8 Å². The van der Waals surface area contributed by atoms with Gasteiger partial charge in [0.2, 0.25) is 5.96 Å². The monoisotopic (exact) mass is 252 g/mol. The molecule has 0 radical (unpaired) electrons. The Morgan fingerprint density at radius 3 is 2.44 bits per heavy atom. The Balaban J connectivity index is 2.92. The lowest BCUT2D eigenvalue weighted by molar-refractivity contribution is 0.627. The van der Waals surface area contributed by atoms with E-state index in [0.29, 0.717) is 25.0 Å². The molecule has 4 nitrogen and oxygen atoms in total. The molecule has 0 amide bonds. The van der Waals surface area contributed by atoms with Crippen molar-refractivity contribution in [2.45, 2.75) is 20.8 Å². The van der Waals surface area contributed by atoms with E-state index in [1.165, 1.54) is 12.1 Å². The van der Waals surface area contributed by atoms with E-state index < -0.39 is 0 Å². The zero-order valence-electron chi connectivity index (χ0n) is 11.2. The number of hydrazine groups is 1. The van der Waals surface area contributed by atoms with E-state index in [1.54, 1.807) is 12.1 Å². The summed E-state index contributed by atoms with van der Waals surface area (Å²) in [6.45, 7) is 7.56. The van der Waals surface area contributed by atoms with Crippen LogP contribution in [0.4, 0.5) is 10.1 Å². The van der Waals surface area contributed by atoms with Crippen molar-refractivity contribution >= 4 is 11.6 Å². The first-order valence-corrected chi connectivity index (χ1v) is 6.12. The second-order valence-corrected chi connectivity index (χ2v) is 4.42. The quantitative estimate of drug-likeness (QED) is 0.373. The average molecular weight is 252 g/mol. The third-order valence-electron chi connectivity index (χ3n) is 2.45. The molecule has 0 saturated heterocycles. The van der Waals surface area contributed by atoms with Gasteiger partial charge in [-0.1, -0.05) is 13.8 Å². The highest BCUT2D eigenvalue weighted by Crippen LogP contribution is 2.14. The second-order valence-electron chi connectivity index (χ2n) is 4.42. The fraction of sp³-hybridized carbons (Fsp3) is 0.462. The molecule has 100 valence electrons. The van der Waals surface area contributed by atoms with Crippen LogP contribution in [0.5, 0.6) is 0 Å². The molecule has 1 aromatic rings. The summed E-state index contributed by atoms with van der Waals surface area (Å²) in [6, 6.07) is 6.27. The molecular weight excluding hydrogens is 231 g/mol. The molecule has 1 aromatic carbocycles. The highest BCUT2D eigenvalue weighted by molar-refractivity contribution is 5.95. The number of nitrogens with one attached hydrogen (secondary N) is 1. The Bertz CT molecular complexity index is 386. The maximum absolute atomic E-state index is 12.9. The number of halogens is 1. The summed E-state index contributed by atoms with van der Waals surface area (Å²) in [6.07, 6.45) is 0. The van der Waals surface area contributed by atoms with Crippen molar-refractivity contribution in [3.05, 3.63) is 30.1 Å². The molecule has 0 fully saturated rings. The lowest BCUT2D eigenvalue weighted by Gasteiger charge is -2.24. The van der Waals surface area contributed by atoms with Gasteiger partial charge in [0.05, 0.1) is 0 Å². The van der Waals surface area contributed by atoms with Gasteiger partial charge in [0.25, 0.3) is 0 Å². The van der Waals surface area contributed by atoms with E-state index in [9.17, 15) is 4.39 Å². The molecule has 0 aliphatic carbocycles. The molecule has 1 rings (SSSR count). The van der Waals surface area contributed by atoms with Crippen LogP contribution in [-0.2, 0) is 0 Å². The SMILES string of the molecule is CCN(C(=NCC(C)C)NN)c1ccc(F)cc1. The van der Waals surface area contributed by atoms with Gasteiger partial charge in [-0.2, -0.15) is 0 Å². The van der Waals surface area contributed by atoms with Crippen LogP contribution in [0.2, 0.25) is 0 Å². The van der Waals surface area contributed by atoms with Crippen LogP contribution in [0.25, 0.3) is 0 Å². The molecular formula is C13H21FN4. The number of rotatable bonds is 4. The minimum Gasteiger partial charge on any atom is -0.312 e. The molecule has 0 spiro atoms. The van der Waals surface area contributed by atoms with E-state index in [2.05, 4.69) is 24.3 Å². The Hall–Kier alpha value is -1.62. The van der Waals surface area contributed by atoms with Gasteiger partial charge in [0, 0.05) is 18.8 Å². The molecule has 3 N–H and O–H groups in total. The number of hydrogen-bond acceptors (Lipinski definition) is 2. The minimum absolute atomic E-state index is 0.254. The molecule has 0 heterocycles. The second kappa shape index (κ2) is 6.96. The Labute approximate surface area is 108 Å². The van der Waals surface area contributed by atoms with E-state index in [0.717, 1.165) is 5.69 Å². The van der Waals surface area contributed by atoms with Gasteiger partial charge >= 0.3 is 0 Å². The number of guanidine groups is 1. The van der Waals surface area contributed by atoms with E-state index in [4.69, 9.17) is 5.84 Å². The summed E-state index contributed by atoms with van der Waals surface area (Å²) in [4.78, 5) is 6.33. The van der Waals surface area contributed by atoms with Crippen LogP contribution in [0.15, 0.2) is 29.3 Å². The van der Waals surface area contributed by atoms with E-state index in [-0.39, 0.29) is 5.82 Å². The van der Waals surface area contributed by atoms with Crippen molar-refractivity contribution in [2.24, 2.45) is 16.8 Å². The lowest BCUT2D eigenvalue weighted by atomic mass is 10.2. The molecule has 0 bridgehead atoms. The van der Waals surface area contributed by atoms with Crippen LogP contribution in [0.1, 0.15) is 20.8 Å². The normalized spacial score (nSPS) is 11.8. The van der Waals surface area contributed by atoms with Crippen LogP contribution in [0.3, 0.4) is 0 Å². The van der Waals surface area contributed by atoms with Gasteiger partial charge in [-0.15, -0.1) is 0 Å². The summed E-state index contributed by atoms with van der Waals surface area (Å²) in [7, 11) is 0. The molecule has 5 heteroatoms. The highest BCUT2D eigenvalue weighted by atomic mass is 19.1. The number of nitrogens with zero attached hydrogens (tertiary/aromatic N) is 2. The van der Waals surface area contributed by atoms with Crippen molar-refractivity contribution in [3.8, 4) is 0 Å². The van der Waals surface area contributed by atoms with Crippen molar-refractivity contribution < 1.29 is 4.39 Å². The number of anilines is 1. The Morgan fingerprint density at radius 2 is 2.00 bits per heavy atom. The van der Waals surface area contributed by atoms with Gasteiger partial charge in [-0.25, -0.2) is 10.2 Å². The van der Waals surface area contributed by atoms with Crippen LogP contribution < -0.4 is 16.2 Å². The summed E-state index contributed by atoms with van der Waals surface area (Å²) in [5.74, 6) is 6.31. The van der Waals surface area contributed by atoms with Gasteiger partial charge in [-0.3, -0.25) is 10.4 Å². The summed E-state index contributed by atoms with van der Waals surface area (Å²) < 4.78 is 12.9. The molecule has 0 aliphatic rings. The first-order chi connectivity index (χ1) is 8.58. The average Bonchev–Trinajstić information content (AvgIpc) is 2.35. The third kappa shape index (κ3) is 4.00. The topological polar surface area (TPSA) is 53.6 Å². The zero-order chi connectivity index (χ0) is 13.5. The highest BCUT2D eigenvalue weighted by Gasteiger charge is 2.10. The Morgan fingerprint density at radius 1 is 1.39 bits per heavy atom. The van der Waals surface area contributed by atoms with Crippen LogP contribution in [-0.4, -0.2) is 19.0 Å². The van der Waals surface area contributed by atoms with Gasteiger partial charge in [-0.05, 0) is 37.1 Å².